The first-order valence-corrected chi connectivity index (χ1v) is 12.2. The zero-order valence-corrected chi connectivity index (χ0v) is 20.3. The van der Waals surface area contributed by atoms with Gasteiger partial charge in [0.15, 0.2) is 0 Å². The Balaban J connectivity index is 1.59. The molecule has 0 aliphatic heterocycles. The monoisotopic (exact) mass is 458 g/mol. The van der Waals surface area contributed by atoms with Gasteiger partial charge < -0.3 is 4.90 Å². The third kappa shape index (κ3) is 5.74. The van der Waals surface area contributed by atoms with E-state index in [2.05, 4.69) is 25.2 Å². The summed E-state index contributed by atoms with van der Waals surface area (Å²) in [4.78, 5) is 32.7. The van der Waals surface area contributed by atoms with Crippen molar-refractivity contribution in [1.29, 1.82) is 0 Å². The minimum absolute atomic E-state index is 0.0366. The summed E-state index contributed by atoms with van der Waals surface area (Å²) in [5.74, 6) is 0.661. The largest absolute Gasteiger partial charge is 0.333 e. The lowest BCUT2D eigenvalue weighted by atomic mass is 10.1. The molecule has 34 heavy (non-hydrogen) atoms. The fourth-order valence-corrected chi connectivity index (χ4v) is 4.63. The van der Waals surface area contributed by atoms with E-state index in [1.165, 1.54) is 0 Å². The van der Waals surface area contributed by atoms with Crippen LogP contribution in [0, 0.1) is 18.8 Å². The van der Waals surface area contributed by atoms with E-state index in [9.17, 15) is 9.59 Å². The van der Waals surface area contributed by atoms with Crippen LogP contribution in [0.5, 0.6) is 0 Å². The summed E-state index contributed by atoms with van der Waals surface area (Å²) >= 11 is 0. The molecular weight excluding hydrogens is 424 g/mol. The maximum Gasteiger partial charge on any atom is 0.246 e. The van der Waals surface area contributed by atoms with Crippen LogP contribution in [0.2, 0.25) is 0 Å². The summed E-state index contributed by atoms with van der Waals surface area (Å²) in [6, 6.07) is 18.0. The van der Waals surface area contributed by atoms with Crippen molar-refractivity contribution in [3.05, 3.63) is 66.4 Å². The molecule has 1 saturated carbocycles. The number of aromatic nitrogens is 2. The summed E-state index contributed by atoms with van der Waals surface area (Å²) in [6.45, 7) is 6.79. The van der Waals surface area contributed by atoms with Gasteiger partial charge in [0.05, 0.1) is 12.2 Å². The number of hydrogen-bond donors (Lipinski definition) is 1. The Labute approximate surface area is 202 Å². The van der Waals surface area contributed by atoms with Gasteiger partial charge in [-0.15, -0.1) is 0 Å². The zero-order chi connectivity index (χ0) is 24.1. The number of amides is 2. The molecule has 4 rings (SSSR count). The number of imidazole rings is 1. The number of nitrogens with one attached hydrogen (secondary N) is 1. The molecule has 0 atom stereocenters. The van der Waals surface area contributed by atoms with Crippen LogP contribution in [0.3, 0.4) is 0 Å². The van der Waals surface area contributed by atoms with Crippen molar-refractivity contribution in [2.24, 2.45) is 11.8 Å². The van der Waals surface area contributed by atoms with Gasteiger partial charge in [0.2, 0.25) is 17.8 Å². The molecule has 3 aromatic rings. The van der Waals surface area contributed by atoms with Crippen LogP contribution in [-0.2, 0) is 9.59 Å². The van der Waals surface area contributed by atoms with Crippen molar-refractivity contribution in [2.45, 2.75) is 46.5 Å². The first-order valence-electron chi connectivity index (χ1n) is 12.2. The number of carbonyl (C=O) groups excluding carboxylic acids is 2. The molecule has 2 amide bonds. The summed E-state index contributed by atoms with van der Waals surface area (Å²) in [7, 11) is 0. The lowest BCUT2D eigenvalue weighted by Crippen LogP contribution is -2.43. The van der Waals surface area contributed by atoms with Gasteiger partial charge in [0.1, 0.15) is 0 Å². The van der Waals surface area contributed by atoms with E-state index in [4.69, 9.17) is 4.98 Å². The van der Waals surface area contributed by atoms with Crippen molar-refractivity contribution in [1.82, 2.24) is 14.5 Å². The zero-order valence-electron chi connectivity index (χ0n) is 20.3. The molecule has 1 aliphatic carbocycles. The number of hydrogen-bond acceptors (Lipinski definition) is 3. The van der Waals surface area contributed by atoms with E-state index >= 15 is 0 Å². The van der Waals surface area contributed by atoms with E-state index in [1.54, 1.807) is 4.90 Å². The van der Waals surface area contributed by atoms with Gasteiger partial charge in [-0.2, -0.15) is 0 Å². The quantitative estimate of drug-likeness (QED) is 0.487. The van der Waals surface area contributed by atoms with E-state index < -0.39 is 0 Å². The van der Waals surface area contributed by atoms with Crippen LogP contribution < -0.4 is 5.32 Å². The van der Waals surface area contributed by atoms with Gasteiger partial charge >= 0.3 is 0 Å². The molecule has 0 spiro atoms. The van der Waals surface area contributed by atoms with Crippen molar-refractivity contribution in [3.8, 4) is 16.9 Å². The first kappa shape index (κ1) is 23.7. The highest BCUT2D eigenvalue weighted by Crippen LogP contribution is 2.27. The second-order valence-electron chi connectivity index (χ2n) is 9.67. The Kier molecular flexibility index (Phi) is 7.46. The van der Waals surface area contributed by atoms with Crippen molar-refractivity contribution < 1.29 is 9.59 Å². The maximum absolute atomic E-state index is 13.2. The fraction of sp³-hybridized carbons (Fsp3) is 0.393. The SMILES string of the molecule is Cc1cccc(-n2cc(-c3ccccc3)nc2NC(=O)CN(CC(C)C)C(=O)C2CCCC2)c1. The van der Waals surface area contributed by atoms with Crippen LogP contribution in [0.25, 0.3) is 16.9 Å². The molecule has 1 fully saturated rings. The van der Waals surface area contributed by atoms with Gasteiger partial charge in [0, 0.05) is 29.9 Å². The third-order valence-corrected chi connectivity index (χ3v) is 6.24. The van der Waals surface area contributed by atoms with Gasteiger partial charge in [-0.1, -0.05) is 69.2 Å². The number of rotatable bonds is 8. The van der Waals surface area contributed by atoms with Gasteiger partial charge in [0.25, 0.3) is 0 Å². The molecule has 0 radical (unpaired) electrons. The molecule has 6 nitrogen and oxygen atoms in total. The predicted molar refractivity (Wildman–Crippen MR) is 136 cm³/mol. The highest BCUT2D eigenvalue weighted by atomic mass is 16.2. The van der Waals surface area contributed by atoms with Crippen LogP contribution in [-0.4, -0.2) is 39.4 Å². The Hall–Kier alpha value is -3.41. The molecule has 1 aromatic heterocycles. The van der Waals surface area contributed by atoms with Crippen molar-refractivity contribution in [3.63, 3.8) is 0 Å². The molecule has 0 bridgehead atoms. The Morgan fingerprint density at radius 1 is 1.09 bits per heavy atom. The first-order chi connectivity index (χ1) is 16.4. The van der Waals surface area contributed by atoms with Crippen LogP contribution in [0.1, 0.15) is 45.1 Å². The Morgan fingerprint density at radius 2 is 1.82 bits per heavy atom. The van der Waals surface area contributed by atoms with Gasteiger partial charge in [-0.25, -0.2) is 4.98 Å². The number of aryl methyl sites for hydroxylation is 1. The molecule has 1 aliphatic rings. The summed E-state index contributed by atoms with van der Waals surface area (Å²) in [5.41, 5.74) is 3.79. The molecule has 0 unspecified atom stereocenters. The topological polar surface area (TPSA) is 67.2 Å². The third-order valence-electron chi connectivity index (χ3n) is 6.24. The smallest absolute Gasteiger partial charge is 0.246 e. The van der Waals surface area contributed by atoms with Crippen LogP contribution in [0.15, 0.2) is 60.8 Å². The molecule has 2 aromatic carbocycles. The lowest BCUT2D eigenvalue weighted by Gasteiger charge is -2.26. The van der Waals surface area contributed by atoms with Gasteiger partial charge in [-0.05, 0) is 43.4 Å². The fourth-order valence-electron chi connectivity index (χ4n) is 4.63. The van der Waals surface area contributed by atoms with E-state index in [0.29, 0.717) is 12.5 Å². The second kappa shape index (κ2) is 10.7. The van der Waals surface area contributed by atoms with Crippen LogP contribution in [0.4, 0.5) is 5.95 Å². The van der Waals surface area contributed by atoms with E-state index in [1.807, 2.05) is 66.2 Å². The van der Waals surface area contributed by atoms with E-state index in [-0.39, 0.29) is 30.2 Å². The minimum atomic E-state index is -0.230. The highest BCUT2D eigenvalue weighted by Gasteiger charge is 2.29. The molecule has 178 valence electrons. The molecule has 6 heteroatoms. The standard InChI is InChI=1S/C28H34N4O2/c1-20(2)17-31(27(34)23-13-7-8-14-23)19-26(33)30-28-29-25(22-11-5-4-6-12-22)18-32(28)24-15-9-10-21(3)16-24/h4-6,9-12,15-16,18,20,23H,7-8,13-14,17,19H2,1-3H3,(H,29,30,33). The maximum atomic E-state index is 13.2. The molecule has 1 N–H and O–H groups in total. The number of benzene rings is 2. The predicted octanol–water partition coefficient (Wildman–Crippen LogP) is 5.46. The average molecular weight is 459 g/mol. The lowest BCUT2D eigenvalue weighted by molar-refractivity contribution is -0.138. The van der Waals surface area contributed by atoms with Crippen molar-refractivity contribution in [2.75, 3.05) is 18.4 Å². The Bertz CT molecular complexity index is 1130. The number of anilines is 1. The van der Waals surface area contributed by atoms with Gasteiger partial charge in [-0.3, -0.25) is 19.5 Å². The highest BCUT2D eigenvalue weighted by molar-refractivity contribution is 5.94. The van der Waals surface area contributed by atoms with Crippen molar-refractivity contribution >= 4 is 17.8 Å². The minimum Gasteiger partial charge on any atom is -0.333 e. The molecule has 1 heterocycles. The summed E-state index contributed by atoms with van der Waals surface area (Å²) in [6.07, 6.45) is 5.97. The summed E-state index contributed by atoms with van der Waals surface area (Å²) < 4.78 is 1.90. The summed E-state index contributed by atoms with van der Waals surface area (Å²) in [5, 5.41) is 2.99. The van der Waals surface area contributed by atoms with E-state index in [0.717, 1.165) is 48.2 Å². The number of nitrogens with zero attached hydrogens (tertiary/aromatic N) is 3. The van der Waals surface area contributed by atoms with Crippen LogP contribution >= 0.6 is 0 Å². The molecule has 0 saturated heterocycles. The Morgan fingerprint density at radius 3 is 2.50 bits per heavy atom. The average Bonchev–Trinajstić information content (AvgIpc) is 3.49. The number of carbonyl (C=O) groups is 2. The normalized spacial score (nSPS) is 13.9. The molecular formula is C28H34N4O2. The second-order valence-corrected chi connectivity index (χ2v) is 9.67.